The summed E-state index contributed by atoms with van der Waals surface area (Å²) < 4.78 is 7.50. The molecule has 0 unspecified atom stereocenters. The molecule has 3 aromatic carbocycles. The summed E-state index contributed by atoms with van der Waals surface area (Å²) in [5.41, 5.74) is 5.15. The number of rotatable bonds is 4. The minimum absolute atomic E-state index is 0.318. The summed E-state index contributed by atoms with van der Waals surface area (Å²) in [7, 11) is 1.98. The lowest BCUT2D eigenvalue weighted by molar-refractivity contribution is 0.0375. The third kappa shape index (κ3) is 2.98. The zero-order chi connectivity index (χ0) is 23.7. The highest BCUT2D eigenvalue weighted by Gasteiger charge is 2.34. The Hall–Kier alpha value is -3.68. The molecule has 1 saturated heterocycles. The number of H-pyrrole nitrogens is 1. The second kappa shape index (κ2) is 7.66. The number of benzene rings is 3. The maximum Gasteiger partial charge on any atom is 0.259 e. The molecule has 2 N–H and O–H groups in total. The van der Waals surface area contributed by atoms with Crippen LogP contribution in [0, 0.1) is 0 Å². The van der Waals surface area contributed by atoms with Crippen LogP contribution in [-0.2, 0) is 18.2 Å². The lowest BCUT2D eigenvalue weighted by atomic mass is 9.93. The van der Waals surface area contributed by atoms with Crippen molar-refractivity contribution in [2.45, 2.75) is 12.8 Å². The maximum atomic E-state index is 13.1. The molecule has 2 amide bonds. The highest BCUT2D eigenvalue weighted by atomic mass is 16.5. The van der Waals surface area contributed by atoms with Gasteiger partial charge in [-0.2, -0.15) is 0 Å². The average Bonchev–Trinajstić information content (AvgIpc) is 3.53. The van der Waals surface area contributed by atoms with E-state index < -0.39 is 0 Å². The van der Waals surface area contributed by atoms with Crippen LogP contribution in [0.25, 0.3) is 43.5 Å². The smallest absolute Gasteiger partial charge is 0.259 e. The van der Waals surface area contributed by atoms with Crippen LogP contribution < -0.4 is 5.32 Å². The Morgan fingerprint density at radius 3 is 2.51 bits per heavy atom. The lowest BCUT2D eigenvalue weighted by Gasteiger charge is -2.26. The molecule has 0 saturated carbocycles. The van der Waals surface area contributed by atoms with Crippen LogP contribution in [-0.4, -0.2) is 59.1 Å². The Morgan fingerprint density at radius 1 is 0.914 bits per heavy atom. The molecule has 0 aliphatic carbocycles. The Kier molecular flexibility index (Phi) is 4.53. The van der Waals surface area contributed by atoms with Gasteiger partial charge in [-0.05, 0) is 31.0 Å². The van der Waals surface area contributed by atoms with E-state index in [4.69, 9.17) is 4.74 Å². The van der Waals surface area contributed by atoms with Crippen molar-refractivity contribution in [3.63, 3.8) is 0 Å². The zero-order valence-corrected chi connectivity index (χ0v) is 19.6. The molecule has 0 radical (unpaired) electrons. The van der Waals surface area contributed by atoms with Crippen LogP contribution in [0.1, 0.15) is 32.7 Å². The molecule has 35 heavy (non-hydrogen) atoms. The molecule has 176 valence electrons. The van der Waals surface area contributed by atoms with Gasteiger partial charge in [0.25, 0.3) is 11.8 Å². The van der Waals surface area contributed by atoms with Crippen molar-refractivity contribution >= 4 is 55.3 Å². The van der Waals surface area contributed by atoms with Crippen molar-refractivity contribution in [2.75, 3.05) is 32.8 Å². The van der Waals surface area contributed by atoms with E-state index in [2.05, 4.69) is 45.5 Å². The van der Waals surface area contributed by atoms with Crippen molar-refractivity contribution in [1.82, 2.24) is 19.8 Å². The Morgan fingerprint density at radius 2 is 1.69 bits per heavy atom. The number of carbonyl (C=O) groups excluding carboxylic acids is 2. The van der Waals surface area contributed by atoms with E-state index in [1.165, 1.54) is 5.56 Å². The van der Waals surface area contributed by atoms with Gasteiger partial charge < -0.3 is 14.3 Å². The van der Waals surface area contributed by atoms with E-state index in [-0.39, 0.29) is 11.8 Å². The van der Waals surface area contributed by atoms with Crippen LogP contribution in [0.2, 0.25) is 0 Å². The first-order valence-electron chi connectivity index (χ1n) is 12.2. The summed E-state index contributed by atoms with van der Waals surface area (Å²) in [5, 5.41) is 7.26. The van der Waals surface area contributed by atoms with Crippen LogP contribution >= 0.6 is 0 Å². The molecule has 1 fully saturated rings. The van der Waals surface area contributed by atoms with E-state index >= 15 is 0 Å². The zero-order valence-electron chi connectivity index (χ0n) is 19.6. The molecular weight excluding hydrogens is 440 g/mol. The second-order valence-electron chi connectivity index (χ2n) is 9.66. The van der Waals surface area contributed by atoms with Crippen molar-refractivity contribution in [3.8, 4) is 0 Å². The van der Waals surface area contributed by atoms with Crippen molar-refractivity contribution in [2.24, 2.45) is 7.05 Å². The summed E-state index contributed by atoms with van der Waals surface area (Å²) in [6.45, 7) is 4.65. The summed E-state index contributed by atoms with van der Waals surface area (Å²) in [5.74, 6) is -0.636. The molecular formula is C28H26N4O3. The van der Waals surface area contributed by atoms with Gasteiger partial charge in [0, 0.05) is 58.8 Å². The van der Waals surface area contributed by atoms with Crippen molar-refractivity contribution in [1.29, 1.82) is 0 Å². The number of aromatic amines is 1. The maximum absolute atomic E-state index is 13.1. The van der Waals surface area contributed by atoms with E-state index in [1.807, 2.05) is 23.9 Å². The minimum Gasteiger partial charge on any atom is -0.379 e. The van der Waals surface area contributed by atoms with Gasteiger partial charge in [-0.15, -0.1) is 0 Å². The topological polar surface area (TPSA) is 79.4 Å². The summed E-state index contributed by atoms with van der Waals surface area (Å²) in [6.07, 6.45) is 3.98. The quantitative estimate of drug-likeness (QED) is 0.391. The van der Waals surface area contributed by atoms with E-state index in [1.54, 1.807) is 0 Å². The van der Waals surface area contributed by atoms with Crippen LogP contribution in [0.5, 0.6) is 0 Å². The predicted molar refractivity (Wildman–Crippen MR) is 137 cm³/mol. The fraction of sp³-hybridized carbons (Fsp3) is 0.286. The fourth-order valence-corrected chi connectivity index (χ4v) is 6.05. The van der Waals surface area contributed by atoms with Gasteiger partial charge in [0.05, 0.1) is 35.4 Å². The molecule has 0 bridgehead atoms. The highest BCUT2D eigenvalue weighted by molar-refractivity contribution is 6.39. The SMILES string of the molecule is Cn1ccc2ccc3c4[nH]c5c(CCCN6CCOCC6)cccc5c4c4c(c3c21)C(=O)NC4=O. The molecule has 7 heteroatoms. The molecule has 0 atom stereocenters. The van der Waals surface area contributed by atoms with Gasteiger partial charge >= 0.3 is 0 Å². The van der Waals surface area contributed by atoms with Crippen LogP contribution in [0.15, 0.2) is 42.6 Å². The number of carbonyl (C=O) groups is 2. The number of amides is 2. The van der Waals surface area contributed by atoms with E-state index in [9.17, 15) is 9.59 Å². The Bertz CT molecular complexity index is 1690. The van der Waals surface area contributed by atoms with Gasteiger partial charge in [-0.25, -0.2) is 0 Å². The molecule has 0 spiro atoms. The number of aromatic nitrogens is 2. The number of imide groups is 1. The predicted octanol–water partition coefficient (Wildman–Crippen LogP) is 4.11. The number of nitrogens with one attached hydrogen (secondary N) is 2. The first kappa shape index (κ1) is 20.7. The van der Waals surface area contributed by atoms with E-state index in [0.29, 0.717) is 11.1 Å². The molecule has 2 aliphatic rings. The number of aryl methyl sites for hydroxylation is 2. The van der Waals surface area contributed by atoms with Gasteiger partial charge in [-0.3, -0.25) is 19.8 Å². The normalized spacial score (nSPS) is 16.7. The number of morpholine rings is 1. The standard InChI is InChI=1S/C28H26N4O3/c1-31-11-9-17-7-8-19-21(26(17)31)23-22(27(33)30-28(23)34)20-18-6-2-4-16(24(18)29-25(19)20)5-3-10-32-12-14-35-15-13-32/h2,4,6-9,11,29H,3,5,10,12-15H2,1H3,(H,30,33,34). The number of nitrogens with zero attached hydrogens (tertiary/aromatic N) is 2. The Balaban J connectivity index is 1.45. The number of hydrogen-bond acceptors (Lipinski definition) is 4. The first-order valence-corrected chi connectivity index (χ1v) is 12.2. The number of fused-ring (bicyclic) bond motifs is 10. The molecule has 2 aliphatic heterocycles. The van der Waals surface area contributed by atoms with Crippen molar-refractivity contribution < 1.29 is 14.3 Å². The van der Waals surface area contributed by atoms with Gasteiger partial charge in [-0.1, -0.05) is 30.3 Å². The first-order chi connectivity index (χ1) is 17.1. The molecule has 7 rings (SSSR count). The highest BCUT2D eigenvalue weighted by Crippen LogP contribution is 2.42. The average molecular weight is 467 g/mol. The summed E-state index contributed by atoms with van der Waals surface area (Å²) >= 11 is 0. The molecule has 2 aromatic heterocycles. The lowest BCUT2D eigenvalue weighted by Crippen LogP contribution is -2.36. The number of para-hydroxylation sites is 1. The van der Waals surface area contributed by atoms with Crippen LogP contribution in [0.3, 0.4) is 0 Å². The van der Waals surface area contributed by atoms with Gasteiger partial charge in [0.2, 0.25) is 0 Å². The van der Waals surface area contributed by atoms with Gasteiger partial charge in [0.1, 0.15) is 0 Å². The second-order valence-corrected chi connectivity index (χ2v) is 9.66. The van der Waals surface area contributed by atoms with Gasteiger partial charge in [0.15, 0.2) is 0 Å². The number of ether oxygens (including phenoxy) is 1. The molecule has 5 aromatic rings. The minimum atomic E-state index is -0.318. The Labute approximate surface area is 201 Å². The third-order valence-corrected chi connectivity index (χ3v) is 7.68. The largest absolute Gasteiger partial charge is 0.379 e. The van der Waals surface area contributed by atoms with Crippen molar-refractivity contribution in [3.05, 3.63) is 59.3 Å². The third-order valence-electron chi connectivity index (χ3n) is 7.68. The van der Waals surface area contributed by atoms with E-state index in [0.717, 1.165) is 89.2 Å². The number of hydrogen-bond donors (Lipinski definition) is 2. The molecule has 4 heterocycles. The summed E-state index contributed by atoms with van der Waals surface area (Å²) in [6, 6.07) is 12.5. The monoisotopic (exact) mass is 466 g/mol. The van der Waals surface area contributed by atoms with Crippen LogP contribution in [0.4, 0.5) is 0 Å². The molecule has 7 nitrogen and oxygen atoms in total. The fourth-order valence-electron chi connectivity index (χ4n) is 6.05. The summed E-state index contributed by atoms with van der Waals surface area (Å²) in [4.78, 5) is 32.3.